The molecule has 158 valence electrons. The summed E-state index contributed by atoms with van der Waals surface area (Å²) < 4.78 is 54.5. The van der Waals surface area contributed by atoms with Crippen molar-refractivity contribution in [1.82, 2.24) is 19.9 Å². The standard InChI is InChI=1S/C20H19F4N5O/c1-28(2)12-11-13-3-7-15(8-4-13)25-19(30)17-18(20(22,23)24)29(27-26-17)16-9-5-14(21)6-10-16/h3-10H,11-12H2,1-2H3,(H,25,30). The Morgan fingerprint density at radius 2 is 1.70 bits per heavy atom. The van der Waals surface area contributed by atoms with E-state index in [0.29, 0.717) is 10.4 Å². The van der Waals surface area contributed by atoms with Crippen LogP contribution >= 0.6 is 0 Å². The highest BCUT2D eigenvalue weighted by Gasteiger charge is 2.42. The van der Waals surface area contributed by atoms with Gasteiger partial charge in [0.15, 0.2) is 11.4 Å². The molecule has 0 unspecified atom stereocenters. The lowest BCUT2D eigenvalue weighted by atomic mass is 10.1. The fourth-order valence-corrected chi connectivity index (χ4v) is 2.75. The third-order valence-corrected chi connectivity index (χ3v) is 4.28. The molecule has 1 N–H and O–H groups in total. The Hall–Kier alpha value is -3.27. The maximum absolute atomic E-state index is 13.7. The number of halogens is 4. The minimum atomic E-state index is -4.90. The minimum absolute atomic E-state index is 0.0690. The number of carbonyl (C=O) groups excluding carboxylic acids is 1. The third-order valence-electron chi connectivity index (χ3n) is 4.28. The van der Waals surface area contributed by atoms with Crippen LogP contribution in [-0.2, 0) is 12.6 Å². The SMILES string of the molecule is CN(C)CCc1ccc(NC(=O)c2nnn(-c3ccc(F)cc3)c2C(F)(F)F)cc1. The second-order valence-corrected chi connectivity index (χ2v) is 6.88. The Bertz CT molecular complexity index is 1010. The molecule has 0 atom stereocenters. The van der Waals surface area contributed by atoms with Gasteiger partial charge < -0.3 is 10.2 Å². The number of likely N-dealkylation sites (N-methyl/N-ethyl adjacent to an activating group) is 1. The fraction of sp³-hybridized carbons (Fsp3) is 0.250. The molecule has 0 bridgehead atoms. The number of anilines is 1. The largest absolute Gasteiger partial charge is 0.435 e. The van der Waals surface area contributed by atoms with Crippen LogP contribution in [0.4, 0.5) is 23.2 Å². The molecule has 0 fully saturated rings. The van der Waals surface area contributed by atoms with E-state index in [4.69, 9.17) is 0 Å². The van der Waals surface area contributed by atoms with E-state index in [9.17, 15) is 22.4 Å². The number of aromatic nitrogens is 3. The van der Waals surface area contributed by atoms with Crippen LogP contribution in [0.25, 0.3) is 5.69 Å². The second kappa shape index (κ2) is 8.62. The normalized spacial score (nSPS) is 11.7. The summed E-state index contributed by atoms with van der Waals surface area (Å²) in [5, 5.41) is 9.30. The quantitative estimate of drug-likeness (QED) is 0.616. The molecule has 3 rings (SSSR count). The van der Waals surface area contributed by atoms with E-state index in [-0.39, 0.29) is 5.69 Å². The predicted molar refractivity (Wildman–Crippen MR) is 103 cm³/mol. The summed E-state index contributed by atoms with van der Waals surface area (Å²) >= 11 is 0. The Labute approximate surface area is 170 Å². The average Bonchev–Trinajstić information content (AvgIpc) is 3.14. The van der Waals surface area contributed by atoms with Crippen LogP contribution in [0.3, 0.4) is 0 Å². The molecule has 10 heteroatoms. The van der Waals surface area contributed by atoms with Crippen LogP contribution in [0.5, 0.6) is 0 Å². The molecule has 0 saturated carbocycles. The first-order chi connectivity index (χ1) is 14.1. The number of carbonyl (C=O) groups is 1. The molecule has 2 aromatic carbocycles. The molecular formula is C20H19F4N5O. The van der Waals surface area contributed by atoms with Gasteiger partial charge in [-0.3, -0.25) is 4.79 Å². The lowest BCUT2D eigenvalue weighted by Crippen LogP contribution is -2.21. The topological polar surface area (TPSA) is 63.1 Å². The van der Waals surface area contributed by atoms with Gasteiger partial charge >= 0.3 is 6.18 Å². The van der Waals surface area contributed by atoms with Crippen molar-refractivity contribution in [1.29, 1.82) is 0 Å². The Morgan fingerprint density at radius 3 is 2.27 bits per heavy atom. The van der Waals surface area contributed by atoms with E-state index in [1.54, 1.807) is 24.3 Å². The molecular weight excluding hydrogens is 402 g/mol. The second-order valence-electron chi connectivity index (χ2n) is 6.88. The van der Waals surface area contributed by atoms with Crippen molar-refractivity contribution in [3.05, 3.63) is 71.3 Å². The average molecular weight is 421 g/mol. The van der Waals surface area contributed by atoms with Crippen LogP contribution in [0.2, 0.25) is 0 Å². The number of alkyl halides is 3. The monoisotopic (exact) mass is 421 g/mol. The van der Waals surface area contributed by atoms with E-state index in [0.717, 1.165) is 42.8 Å². The van der Waals surface area contributed by atoms with Crippen LogP contribution in [-0.4, -0.2) is 46.4 Å². The van der Waals surface area contributed by atoms with Crippen molar-refractivity contribution in [2.24, 2.45) is 0 Å². The van der Waals surface area contributed by atoms with Crippen molar-refractivity contribution in [3.63, 3.8) is 0 Å². The summed E-state index contributed by atoms with van der Waals surface area (Å²) in [4.78, 5) is 14.5. The first-order valence-corrected chi connectivity index (χ1v) is 8.99. The van der Waals surface area contributed by atoms with E-state index in [1.807, 2.05) is 19.0 Å². The van der Waals surface area contributed by atoms with Crippen LogP contribution in [0, 0.1) is 5.82 Å². The number of amides is 1. The zero-order valence-corrected chi connectivity index (χ0v) is 16.2. The Kier molecular flexibility index (Phi) is 6.16. The van der Waals surface area contributed by atoms with E-state index < -0.39 is 29.3 Å². The van der Waals surface area contributed by atoms with Crippen molar-refractivity contribution < 1.29 is 22.4 Å². The van der Waals surface area contributed by atoms with Gasteiger partial charge in [0, 0.05) is 12.2 Å². The van der Waals surface area contributed by atoms with Gasteiger partial charge in [0.2, 0.25) is 0 Å². The highest BCUT2D eigenvalue weighted by atomic mass is 19.4. The van der Waals surface area contributed by atoms with E-state index >= 15 is 0 Å². The predicted octanol–water partition coefficient (Wildman–Crippen LogP) is 3.78. The number of nitrogens with zero attached hydrogens (tertiary/aromatic N) is 4. The molecule has 0 aliphatic rings. The van der Waals surface area contributed by atoms with E-state index in [2.05, 4.69) is 15.6 Å². The fourth-order valence-electron chi connectivity index (χ4n) is 2.75. The lowest BCUT2D eigenvalue weighted by Gasteiger charge is -2.12. The summed E-state index contributed by atoms with van der Waals surface area (Å²) in [6.07, 6.45) is -4.11. The molecule has 0 spiro atoms. The zero-order valence-electron chi connectivity index (χ0n) is 16.2. The molecule has 30 heavy (non-hydrogen) atoms. The van der Waals surface area contributed by atoms with Crippen LogP contribution in [0.15, 0.2) is 48.5 Å². The summed E-state index contributed by atoms with van der Waals surface area (Å²) in [5.74, 6) is -1.66. The number of rotatable bonds is 6. The summed E-state index contributed by atoms with van der Waals surface area (Å²) in [6, 6.07) is 11.0. The Morgan fingerprint density at radius 1 is 1.07 bits per heavy atom. The van der Waals surface area contributed by atoms with Crippen molar-refractivity contribution in [2.45, 2.75) is 12.6 Å². The molecule has 1 heterocycles. The van der Waals surface area contributed by atoms with Crippen LogP contribution in [0.1, 0.15) is 21.7 Å². The number of nitrogens with one attached hydrogen (secondary N) is 1. The molecule has 0 saturated heterocycles. The van der Waals surface area contributed by atoms with Gasteiger partial charge in [-0.2, -0.15) is 13.2 Å². The van der Waals surface area contributed by atoms with Crippen molar-refractivity contribution >= 4 is 11.6 Å². The van der Waals surface area contributed by atoms with Gasteiger partial charge in [-0.1, -0.05) is 17.3 Å². The first-order valence-electron chi connectivity index (χ1n) is 8.99. The maximum Gasteiger partial charge on any atom is 0.435 e. The van der Waals surface area contributed by atoms with Gasteiger partial charge in [-0.05, 0) is 62.5 Å². The molecule has 0 aliphatic carbocycles. The highest BCUT2D eigenvalue weighted by Crippen LogP contribution is 2.33. The van der Waals surface area contributed by atoms with Gasteiger partial charge in [0.25, 0.3) is 5.91 Å². The van der Waals surface area contributed by atoms with Crippen molar-refractivity contribution in [2.75, 3.05) is 26.0 Å². The van der Waals surface area contributed by atoms with Gasteiger partial charge in [-0.15, -0.1) is 5.10 Å². The highest BCUT2D eigenvalue weighted by molar-refractivity contribution is 6.03. The van der Waals surface area contributed by atoms with E-state index in [1.165, 1.54) is 0 Å². The number of benzene rings is 2. The lowest BCUT2D eigenvalue weighted by molar-refractivity contribution is -0.143. The molecule has 0 aliphatic heterocycles. The third kappa shape index (κ3) is 5.01. The van der Waals surface area contributed by atoms with Crippen molar-refractivity contribution in [3.8, 4) is 5.69 Å². The number of hydrogen-bond acceptors (Lipinski definition) is 4. The molecule has 1 aromatic heterocycles. The molecule has 3 aromatic rings. The van der Waals surface area contributed by atoms with Gasteiger partial charge in [0.1, 0.15) is 5.82 Å². The van der Waals surface area contributed by atoms with Crippen LogP contribution < -0.4 is 5.32 Å². The van der Waals surface area contributed by atoms with Gasteiger partial charge in [-0.25, -0.2) is 9.07 Å². The van der Waals surface area contributed by atoms with Gasteiger partial charge in [0.05, 0.1) is 5.69 Å². The zero-order chi connectivity index (χ0) is 21.9. The number of hydrogen-bond donors (Lipinski definition) is 1. The summed E-state index contributed by atoms with van der Waals surface area (Å²) in [6.45, 7) is 0.840. The molecule has 0 radical (unpaired) electrons. The minimum Gasteiger partial charge on any atom is -0.321 e. The summed E-state index contributed by atoms with van der Waals surface area (Å²) in [5.41, 5.74) is -0.920. The smallest absolute Gasteiger partial charge is 0.321 e. The molecule has 1 amide bonds. The molecule has 6 nitrogen and oxygen atoms in total. The Balaban J connectivity index is 1.84. The maximum atomic E-state index is 13.7. The summed E-state index contributed by atoms with van der Waals surface area (Å²) in [7, 11) is 3.90. The first kappa shape index (κ1) is 21.4.